The Kier molecular flexibility index (Phi) is 3.83. The lowest BCUT2D eigenvalue weighted by molar-refractivity contribution is 0.496. The van der Waals surface area contributed by atoms with Crippen LogP contribution in [-0.2, 0) is 6.42 Å². The van der Waals surface area contributed by atoms with Gasteiger partial charge < -0.3 is 10.6 Å². The number of H-pyrrole nitrogens is 1. The van der Waals surface area contributed by atoms with Gasteiger partial charge in [-0.15, -0.1) is 5.10 Å². The molecule has 112 valence electrons. The molecule has 1 aromatic carbocycles. The number of halogens is 2. The summed E-state index contributed by atoms with van der Waals surface area (Å²) in [4.78, 5) is 6.44. The highest BCUT2D eigenvalue weighted by Crippen LogP contribution is 2.17. The predicted molar refractivity (Wildman–Crippen MR) is 75.0 cm³/mol. The largest absolute Gasteiger partial charge is 0.339 e. The molecule has 1 saturated heterocycles. The Morgan fingerprint density at radius 2 is 2.05 bits per heavy atom. The van der Waals surface area contributed by atoms with Crippen LogP contribution in [0.15, 0.2) is 18.2 Å². The zero-order valence-electron chi connectivity index (χ0n) is 11.5. The third-order valence-electron chi connectivity index (χ3n) is 3.72. The van der Waals surface area contributed by atoms with E-state index in [0.29, 0.717) is 17.3 Å². The first-order valence-electron chi connectivity index (χ1n) is 6.97. The number of nitrogens with zero attached hydrogens (tertiary/aromatic N) is 3. The average molecular weight is 293 g/mol. The van der Waals surface area contributed by atoms with Crippen LogP contribution in [-0.4, -0.2) is 34.3 Å². The number of anilines is 1. The van der Waals surface area contributed by atoms with Crippen LogP contribution in [0.5, 0.6) is 0 Å². The standard InChI is InChI=1S/C14H17F2N5/c15-10-2-1-9(12(16)8-10)7-13-18-14(20-19-13)21-5-3-11(17)4-6-21/h1-2,8,11H,3-7,17H2,(H,18,19,20). The van der Waals surface area contributed by atoms with Crippen LogP contribution in [0.3, 0.4) is 0 Å². The molecule has 1 aliphatic heterocycles. The zero-order chi connectivity index (χ0) is 14.8. The number of nitrogens with one attached hydrogen (secondary N) is 1. The number of nitrogens with two attached hydrogens (primary N) is 1. The summed E-state index contributed by atoms with van der Waals surface area (Å²) < 4.78 is 26.5. The van der Waals surface area contributed by atoms with E-state index in [1.54, 1.807) is 0 Å². The first kappa shape index (κ1) is 13.9. The normalized spacial score (nSPS) is 16.4. The van der Waals surface area contributed by atoms with Crippen LogP contribution >= 0.6 is 0 Å². The lowest BCUT2D eigenvalue weighted by Gasteiger charge is -2.28. The molecule has 0 amide bonds. The summed E-state index contributed by atoms with van der Waals surface area (Å²) in [6.07, 6.45) is 2.08. The fraction of sp³-hybridized carbons (Fsp3) is 0.429. The number of piperidine rings is 1. The second-order valence-corrected chi connectivity index (χ2v) is 5.32. The molecule has 2 aromatic rings. The van der Waals surface area contributed by atoms with Crippen LogP contribution in [0, 0.1) is 11.6 Å². The Labute approximate surface area is 121 Å². The first-order chi connectivity index (χ1) is 10.1. The van der Waals surface area contributed by atoms with Gasteiger partial charge in [0.15, 0.2) is 0 Å². The van der Waals surface area contributed by atoms with Crippen molar-refractivity contribution < 1.29 is 8.78 Å². The maximum atomic E-state index is 13.6. The van der Waals surface area contributed by atoms with Crippen molar-refractivity contribution in [2.24, 2.45) is 5.73 Å². The minimum absolute atomic E-state index is 0.243. The first-order valence-corrected chi connectivity index (χ1v) is 6.97. The van der Waals surface area contributed by atoms with E-state index < -0.39 is 11.6 Å². The van der Waals surface area contributed by atoms with E-state index in [1.165, 1.54) is 12.1 Å². The van der Waals surface area contributed by atoms with Crippen molar-refractivity contribution in [2.75, 3.05) is 18.0 Å². The second-order valence-electron chi connectivity index (χ2n) is 5.32. The van der Waals surface area contributed by atoms with Crippen molar-refractivity contribution in [1.29, 1.82) is 0 Å². The number of hydrogen-bond donors (Lipinski definition) is 2. The van der Waals surface area contributed by atoms with E-state index in [0.717, 1.165) is 32.0 Å². The molecule has 2 heterocycles. The van der Waals surface area contributed by atoms with Crippen LogP contribution in [0.4, 0.5) is 14.7 Å². The third-order valence-corrected chi connectivity index (χ3v) is 3.72. The molecule has 1 aliphatic rings. The Hall–Kier alpha value is -2.02. The lowest BCUT2D eigenvalue weighted by atomic mass is 10.1. The molecule has 3 rings (SSSR count). The SMILES string of the molecule is NC1CCN(c2n[nH]c(Cc3ccc(F)cc3F)n2)CC1. The summed E-state index contributed by atoms with van der Waals surface area (Å²) in [6, 6.07) is 3.78. The van der Waals surface area contributed by atoms with Gasteiger partial charge in [-0.1, -0.05) is 6.07 Å². The van der Waals surface area contributed by atoms with Gasteiger partial charge in [0.05, 0.1) is 0 Å². The minimum atomic E-state index is -0.584. The van der Waals surface area contributed by atoms with Gasteiger partial charge in [-0.2, -0.15) is 4.98 Å². The Morgan fingerprint density at radius 1 is 1.29 bits per heavy atom. The van der Waals surface area contributed by atoms with Crippen molar-refractivity contribution in [3.8, 4) is 0 Å². The molecule has 7 heteroatoms. The minimum Gasteiger partial charge on any atom is -0.339 e. The van der Waals surface area contributed by atoms with E-state index in [4.69, 9.17) is 5.73 Å². The van der Waals surface area contributed by atoms with Gasteiger partial charge >= 0.3 is 0 Å². The Bertz CT molecular complexity index is 620. The predicted octanol–water partition coefficient (Wildman–Crippen LogP) is 1.60. The van der Waals surface area contributed by atoms with Crippen molar-refractivity contribution >= 4 is 5.95 Å². The van der Waals surface area contributed by atoms with Gasteiger partial charge in [0, 0.05) is 31.6 Å². The highest BCUT2D eigenvalue weighted by molar-refractivity contribution is 5.31. The summed E-state index contributed by atoms with van der Waals surface area (Å²) in [6.45, 7) is 1.65. The van der Waals surface area contributed by atoms with Crippen molar-refractivity contribution in [1.82, 2.24) is 15.2 Å². The Morgan fingerprint density at radius 3 is 2.76 bits per heavy atom. The highest BCUT2D eigenvalue weighted by atomic mass is 19.1. The van der Waals surface area contributed by atoms with Gasteiger partial charge in [-0.25, -0.2) is 8.78 Å². The number of benzene rings is 1. The second kappa shape index (κ2) is 5.77. The third kappa shape index (κ3) is 3.18. The molecule has 1 aromatic heterocycles. The average Bonchev–Trinajstić information content (AvgIpc) is 2.91. The van der Waals surface area contributed by atoms with Crippen molar-refractivity contribution in [3.05, 3.63) is 41.2 Å². The van der Waals surface area contributed by atoms with Crippen LogP contribution in [0.1, 0.15) is 24.2 Å². The molecule has 0 radical (unpaired) electrons. The molecular formula is C14H17F2N5. The summed E-state index contributed by atoms with van der Waals surface area (Å²) in [5.41, 5.74) is 6.25. The maximum Gasteiger partial charge on any atom is 0.244 e. The fourth-order valence-corrected chi connectivity index (χ4v) is 2.45. The van der Waals surface area contributed by atoms with Gasteiger partial charge in [-0.3, -0.25) is 5.10 Å². The van der Waals surface area contributed by atoms with Gasteiger partial charge in [0.25, 0.3) is 0 Å². The fourth-order valence-electron chi connectivity index (χ4n) is 2.45. The van der Waals surface area contributed by atoms with Gasteiger partial charge in [-0.05, 0) is 24.5 Å². The molecule has 0 atom stereocenters. The van der Waals surface area contributed by atoms with E-state index in [-0.39, 0.29) is 12.5 Å². The van der Waals surface area contributed by atoms with Crippen molar-refractivity contribution in [2.45, 2.75) is 25.3 Å². The molecule has 0 bridgehead atoms. The quantitative estimate of drug-likeness (QED) is 0.902. The molecule has 21 heavy (non-hydrogen) atoms. The molecule has 0 spiro atoms. The molecule has 0 saturated carbocycles. The number of hydrogen-bond acceptors (Lipinski definition) is 4. The van der Waals surface area contributed by atoms with Crippen LogP contribution in [0.25, 0.3) is 0 Å². The molecule has 0 aliphatic carbocycles. The monoisotopic (exact) mass is 293 g/mol. The van der Waals surface area contributed by atoms with Crippen LogP contribution < -0.4 is 10.6 Å². The summed E-state index contributed by atoms with van der Waals surface area (Å²) in [5, 5.41) is 6.97. The lowest BCUT2D eigenvalue weighted by Crippen LogP contribution is -2.40. The molecule has 5 nitrogen and oxygen atoms in total. The van der Waals surface area contributed by atoms with Gasteiger partial charge in [0.2, 0.25) is 5.95 Å². The maximum absolute atomic E-state index is 13.6. The zero-order valence-corrected chi connectivity index (χ0v) is 11.5. The smallest absolute Gasteiger partial charge is 0.244 e. The number of aromatic nitrogens is 3. The molecule has 3 N–H and O–H groups in total. The highest BCUT2D eigenvalue weighted by Gasteiger charge is 2.19. The van der Waals surface area contributed by atoms with E-state index in [2.05, 4.69) is 20.1 Å². The van der Waals surface area contributed by atoms with E-state index >= 15 is 0 Å². The number of aromatic amines is 1. The van der Waals surface area contributed by atoms with Gasteiger partial charge in [0.1, 0.15) is 17.5 Å². The van der Waals surface area contributed by atoms with Crippen LogP contribution in [0.2, 0.25) is 0 Å². The topological polar surface area (TPSA) is 70.8 Å². The summed E-state index contributed by atoms with van der Waals surface area (Å²) >= 11 is 0. The molecule has 0 unspecified atom stereocenters. The Balaban J connectivity index is 1.70. The summed E-state index contributed by atoms with van der Waals surface area (Å²) in [7, 11) is 0. The van der Waals surface area contributed by atoms with E-state index in [9.17, 15) is 8.78 Å². The molecular weight excluding hydrogens is 276 g/mol. The number of rotatable bonds is 3. The summed E-state index contributed by atoms with van der Waals surface area (Å²) in [5.74, 6) is 0.0147. The van der Waals surface area contributed by atoms with E-state index in [1.807, 2.05) is 0 Å². The van der Waals surface area contributed by atoms with Crippen molar-refractivity contribution in [3.63, 3.8) is 0 Å². The molecule has 1 fully saturated rings.